The van der Waals surface area contributed by atoms with Crippen molar-refractivity contribution in [2.75, 3.05) is 13.1 Å². The summed E-state index contributed by atoms with van der Waals surface area (Å²) in [4.78, 5) is 26.6. The van der Waals surface area contributed by atoms with Gasteiger partial charge in [-0.05, 0) is 37.5 Å². The van der Waals surface area contributed by atoms with Crippen LogP contribution in [0.1, 0.15) is 53.9 Å². The molecule has 0 aliphatic carbocycles. The molecule has 3 N–H and O–H groups in total. The predicted octanol–water partition coefficient (Wildman–Crippen LogP) is 2.18. The van der Waals surface area contributed by atoms with E-state index in [4.69, 9.17) is 5.73 Å². The van der Waals surface area contributed by atoms with E-state index in [1.54, 1.807) is 0 Å². The molecule has 1 fully saturated rings. The van der Waals surface area contributed by atoms with Crippen molar-refractivity contribution in [2.45, 2.75) is 66.0 Å². The number of halogens is 1. The fourth-order valence-electron chi connectivity index (χ4n) is 2.96. The molecule has 23 heavy (non-hydrogen) atoms. The molecule has 0 aromatic rings. The van der Waals surface area contributed by atoms with E-state index in [0.29, 0.717) is 18.3 Å². The zero-order chi connectivity index (χ0) is 16.9. The van der Waals surface area contributed by atoms with Crippen LogP contribution in [0.5, 0.6) is 0 Å². The predicted molar refractivity (Wildman–Crippen MR) is 96.4 cm³/mol. The van der Waals surface area contributed by atoms with Crippen LogP contribution in [-0.2, 0) is 9.59 Å². The second kappa shape index (κ2) is 10.1. The first-order chi connectivity index (χ1) is 10.2. The number of hydrogen-bond acceptors (Lipinski definition) is 3. The number of carbonyl (C=O) groups excluding carboxylic acids is 2. The number of nitrogens with two attached hydrogens (primary N) is 1. The molecular weight excluding hydrogens is 314 g/mol. The van der Waals surface area contributed by atoms with Crippen molar-refractivity contribution >= 4 is 24.2 Å². The molecule has 0 saturated carbocycles. The molecule has 1 aliphatic heterocycles. The lowest BCUT2D eigenvalue weighted by molar-refractivity contribution is -0.139. The van der Waals surface area contributed by atoms with Gasteiger partial charge in [0.15, 0.2) is 0 Å². The van der Waals surface area contributed by atoms with Crippen molar-refractivity contribution in [1.82, 2.24) is 10.2 Å². The van der Waals surface area contributed by atoms with E-state index < -0.39 is 6.04 Å². The zero-order valence-electron chi connectivity index (χ0n) is 15.2. The summed E-state index contributed by atoms with van der Waals surface area (Å²) in [5.41, 5.74) is 5.95. The highest BCUT2D eigenvalue weighted by atomic mass is 35.5. The molecule has 136 valence electrons. The smallest absolute Gasteiger partial charge is 0.245 e. The van der Waals surface area contributed by atoms with Crippen molar-refractivity contribution in [2.24, 2.45) is 23.5 Å². The quantitative estimate of drug-likeness (QED) is 0.773. The monoisotopic (exact) mass is 347 g/mol. The van der Waals surface area contributed by atoms with Crippen LogP contribution < -0.4 is 11.1 Å². The Morgan fingerprint density at radius 2 is 1.65 bits per heavy atom. The van der Waals surface area contributed by atoms with E-state index in [-0.39, 0.29) is 36.2 Å². The normalized spacial score (nSPS) is 18.5. The third-order valence-corrected chi connectivity index (χ3v) is 4.44. The van der Waals surface area contributed by atoms with Gasteiger partial charge < -0.3 is 16.0 Å². The van der Waals surface area contributed by atoms with Crippen molar-refractivity contribution in [3.8, 4) is 0 Å². The van der Waals surface area contributed by atoms with Gasteiger partial charge in [-0.3, -0.25) is 9.59 Å². The van der Waals surface area contributed by atoms with Crippen LogP contribution >= 0.6 is 12.4 Å². The minimum absolute atomic E-state index is 0. The van der Waals surface area contributed by atoms with Crippen molar-refractivity contribution in [3.05, 3.63) is 0 Å². The lowest BCUT2D eigenvalue weighted by Gasteiger charge is -2.36. The maximum absolute atomic E-state index is 12.7. The standard InChI is InChI=1S/C17H33N3O2.ClH/c1-11(2)10-15(21)19-16(12(3)4)17(22)20-8-6-14(7-9-20)13(5)18;/h11-14,16H,6-10,18H2,1-5H3,(H,19,21);1H. The number of carbonyl (C=O) groups is 2. The average Bonchev–Trinajstić information content (AvgIpc) is 2.43. The summed E-state index contributed by atoms with van der Waals surface area (Å²) in [5.74, 6) is 0.902. The highest BCUT2D eigenvalue weighted by molar-refractivity contribution is 5.88. The van der Waals surface area contributed by atoms with Crippen LogP contribution in [0.3, 0.4) is 0 Å². The molecule has 0 aromatic heterocycles. The third kappa shape index (κ3) is 7.08. The summed E-state index contributed by atoms with van der Waals surface area (Å²) in [6.07, 6.45) is 2.37. The van der Waals surface area contributed by atoms with Gasteiger partial charge in [0.05, 0.1) is 0 Å². The number of rotatable bonds is 6. The van der Waals surface area contributed by atoms with Gasteiger partial charge in [0, 0.05) is 25.6 Å². The van der Waals surface area contributed by atoms with Crippen LogP contribution in [-0.4, -0.2) is 41.9 Å². The third-order valence-electron chi connectivity index (χ3n) is 4.44. The molecule has 6 heteroatoms. The van der Waals surface area contributed by atoms with Gasteiger partial charge in [-0.25, -0.2) is 0 Å². The van der Waals surface area contributed by atoms with Gasteiger partial charge in [0.25, 0.3) is 0 Å². The molecule has 1 heterocycles. The summed E-state index contributed by atoms with van der Waals surface area (Å²) < 4.78 is 0. The Labute approximate surface area is 147 Å². The fraction of sp³-hybridized carbons (Fsp3) is 0.882. The van der Waals surface area contributed by atoms with Gasteiger partial charge in [-0.1, -0.05) is 27.7 Å². The summed E-state index contributed by atoms with van der Waals surface area (Å²) >= 11 is 0. The Bertz CT molecular complexity index is 378. The van der Waals surface area contributed by atoms with Gasteiger partial charge in [-0.15, -0.1) is 12.4 Å². The van der Waals surface area contributed by atoms with E-state index in [2.05, 4.69) is 5.32 Å². The van der Waals surface area contributed by atoms with Gasteiger partial charge in [0.2, 0.25) is 11.8 Å². The summed E-state index contributed by atoms with van der Waals surface area (Å²) in [5, 5.41) is 2.92. The molecular formula is C17H34ClN3O2. The maximum Gasteiger partial charge on any atom is 0.245 e. The van der Waals surface area contributed by atoms with E-state index in [1.165, 1.54) is 0 Å². The number of nitrogens with one attached hydrogen (secondary N) is 1. The molecule has 2 atom stereocenters. The molecule has 2 unspecified atom stereocenters. The highest BCUT2D eigenvalue weighted by Crippen LogP contribution is 2.21. The summed E-state index contributed by atoms with van der Waals surface area (Å²) in [7, 11) is 0. The van der Waals surface area contributed by atoms with E-state index in [0.717, 1.165) is 25.9 Å². The largest absolute Gasteiger partial charge is 0.344 e. The number of amides is 2. The topological polar surface area (TPSA) is 75.4 Å². The second-order valence-electron chi connectivity index (χ2n) is 7.41. The minimum atomic E-state index is -0.418. The van der Waals surface area contributed by atoms with Crippen molar-refractivity contribution < 1.29 is 9.59 Å². The number of nitrogens with zero attached hydrogens (tertiary/aromatic N) is 1. The average molecular weight is 348 g/mol. The Balaban J connectivity index is 0.00000484. The van der Waals surface area contributed by atoms with Crippen LogP contribution in [0.25, 0.3) is 0 Å². The maximum atomic E-state index is 12.7. The summed E-state index contributed by atoms with van der Waals surface area (Å²) in [6.45, 7) is 11.5. The Hall–Kier alpha value is -0.810. The highest BCUT2D eigenvalue weighted by Gasteiger charge is 2.31. The first-order valence-electron chi connectivity index (χ1n) is 8.56. The number of likely N-dealkylation sites (tertiary alicyclic amines) is 1. The number of hydrogen-bond donors (Lipinski definition) is 2. The molecule has 1 aliphatic rings. The van der Waals surface area contributed by atoms with E-state index in [1.807, 2.05) is 39.5 Å². The first kappa shape index (κ1) is 22.2. The Kier molecular flexibility index (Phi) is 9.78. The molecule has 5 nitrogen and oxygen atoms in total. The van der Waals surface area contributed by atoms with Crippen molar-refractivity contribution in [3.63, 3.8) is 0 Å². The van der Waals surface area contributed by atoms with Crippen molar-refractivity contribution in [1.29, 1.82) is 0 Å². The first-order valence-corrected chi connectivity index (χ1v) is 8.56. The van der Waals surface area contributed by atoms with Gasteiger partial charge in [0.1, 0.15) is 6.04 Å². The van der Waals surface area contributed by atoms with Crippen LogP contribution in [0, 0.1) is 17.8 Å². The molecule has 0 bridgehead atoms. The van der Waals surface area contributed by atoms with Gasteiger partial charge >= 0.3 is 0 Å². The molecule has 2 amide bonds. The molecule has 1 rings (SSSR count). The molecule has 0 spiro atoms. The van der Waals surface area contributed by atoms with Gasteiger partial charge in [-0.2, -0.15) is 0 Å². The lowest BCUT2D eigenvalue weighted by atomic mass is 9.90. The van der Waals surface area contributed by atoms with E-state index >= 15 is 0 Å². The SMILES string of the molecule is CC(C)CC(=O)NC(C(=O)N1CCC(C(C)N)CC1)C(C)C.Cl. The molecule has 0 aromatic carbocycles. The molecule has 1 saturated heterocycles. The minimum Gasteiger partial charge on any atom is -0.344 e. The Morgan fingerprint density at radius 3 is 2.04 bits per heavy atom. The van der Waals surface area contributed by atoms with Crippen LogP contribution in [0.2, 0.25) is 0 Å². The fourth-order valence-corrected chi connectivity index (χ4v) is 2.96. The van der Waals surface area contributed by atoms with Crippen LogP contribution in [0.15, 0.2) is 0 Å². The zero-order valence-corrected chi connectivity index (χ0v) is 16.0. The molecule has 0 radical (unpaired) electrons. The second-order valence-corrected chi connectivity index (χ2v) is 7.41. The Morgan fingerprint density at radius 1 is 1.13 bits per heavy atom. The van der Waals surface area contributed by atoms with E-state index in [9.17, 15) is 9.59 Å². The number of piperidine rings is 1. The summed E-state index contributed by atoms with van der Waals surface area (Å²) in [6, 6.07) is -0.234. The lowest BCUT2D eigenvalue weighted by Crippen LogP contribution is -2.53. The van der Waals surface area contributed by atoms with Crippen LogP contribution in [0.4, 0.5) is 0 Å².